The molecule has 4 nitrogen and oxygen atoms in total. The Balaban J connectivity index is 1.88. The minimum absolute atomic E-state index is 0.144. The van der Waals surface area contributed by atoms with Crippen molar-refractivity contribution in [3.8, 4) is 0 Å². The van der Waals surface area contributed by atoms with Crippen LogP contribution in [0.2, 0.25) is 0 Å². The van der Waals surface area contributed by atoms with Gasteiger partial charge >= 0.3 is 0 Å². The van der Waals surface area contributed by atoms with Crippen molar-refractivity contribution in [2.24, 2.45) is 7.05 Å². The molecule has 2 aromatic rings. The third-order valence-corrected chi connectivity index (χ3v) is 4.04. The summed E-state index contributed by atoms with van der Waals surface area (Å²) in [7, 11) is 1.96. The van der Waals surface area contributed by atoms with Gasteiger partial charge in [-0.3, -0.25) is 4.68 Å². The van der Waals surface area contributed by atoms with Gasteiger partial charge in [-0.2, -0.15) is 5.10 Å². The number of thiazole rings is 1. The third-order valence-electron chi connectivity index (χ3n) is 2.73. The summed E-state index contributed by atoms with van der Waals surface area (Å²) < 4.78 is 1.88. The fourth-order valence-electron chi connectivity index (χ4n) is 1.63. The van der Waals surface area contributed by atoms with Gasteiger partial charge in [-0.25, -0.2) is 4.98 Å². The normalized spacial score (nSPS) is 12.0. The van der Waals surface area contributed by atoms with E-state index in [1.54, 1.807) is 11.3 Å². The lowest BCUT2D eigenvalue weighted by atomic mass is 9.98. The Morgan fingerprint density at radius 2 is 2.11 bits per heavy atom. The molecule has 0 unspecified atom stereocenters. The molecular formula is C13H20N4S. The van der Waals surface area contributed by atoms with E-state index in [0.717, 1.165) is 18.8 Å². The van der Waals surface area contributed by atoms with E-state index in [4.69, 9.17) is 0 Å². The maximum Gasteiger partial charge on any atom is 0.0982 e. The fraction of sp³-hybridized carbons (Fsp3) is 0.538. The number of aryl methyl sites for hydroxylation is 1. The Hall–Kier alpha value is -1.20. The minimum atomic E-state index is 0.144. The van der Waals surface area contributed by atoms with E-state index in [0.29, 0.717) is 0 Å². The Labute approximate surface area is 112 Å². The van der Waals surface area contributed by atoms with Gasteiger partial charge in [0.15, 0.2) is 0 Å². The summed E-state index contributed by atoms with van der Waals surface area (Å²) in [6.07, 6.45) is 1.82. The highest BCUT2D eigenvalue weighted by molar-refractivity contribution is 7.09. The number of hydrogen-bond donors (Lipinski definition) is 1. The van der Waals surface area contributed by atoms with Crippen molar-refractivity contribution >= 4 is 11.3 Å². The largest absolute Gasteiger partial charge is 0.305 e. The lowest BCUT2D eigenvalue weighted by Gasteiger charge is -2.13. The number of nitrogens with one attached hydrogen (secondary N) is 1. The van der Waals surface area contributed by atoms with E-state index in [1.807, 2.05) is 24.0 Å². The molecule has 98 valence electrons. The zero-order valence-corrected chi connectivity index (χ0v) is 12.2. The summed E-state index contributed by atoms with van der Waals surface area (Å²) in [5.74, 6) is 0. The van der Waals surface area contributed by atoms with Crippen LogP contribution in [-0.2, 0) is 25.6 Å². The van der Waals surface area contributed by atoms with Gasteiger partial charge in [-0.1, -0.05) is 20.8 Å². The molecule has 2 rings (SSSR count). The Bertz CT molecular complexity index is 507. The van der Waals surface area contributed by atoms with Crippen molar-refractivity contribution in [3.63, 3.8) is 0 Å². The van der Waals surface area contributed by atoms with E-state index in [2.05, 4.69) is 41.6 Å². The van der Waals surface area contributed by atoms with Crippen LogP contribution in [-0.4, -0.2) is 14.8 Å². The second kappa shape index (κ2) is 5.20. The van der Waals surface area contributed by atoms with Gasteiger partial charge in [0.1, 0.15) is 0 Å². The van der Waals surface area contributed by atoms with E-state index in [-0.39, 0.29) is 5.41 Å². The van der Waals surface area contributed by atoms with Crippen LogP contribution in [0.15, 0.2) is 17.6 Å². The van der Waals surface area contributed by atoms with Gasteiger partial charge in [0, 0.05) is 37.1 Å². The molecule has 0 aliphatic rings. The molecule has 0 aromatic carbocycles. The first-order valence-corrected chi connectivity index (χ1v) is 6.97. The van der Waals surface area contributed by atoms with Gasteiger partial charge in [-0.05, 0) is 6.07 Å². The second-order valence-electron chi connectivity index (χ2n) is 5.44. The van der Waals surface area contributed by atoms with Gasteiger partial charge in [0.05, 0.1) is 16.4 Å². The molecule has 2 aromatic heterocycles. The van der Waals surface area contributed by atoms with Crippen LogP contribution in [0.1, 0.15) is 37.2 Å². The van der Waals surface area contributed by atoms with Crippen LogP contribution in [0.4, 0.5) is 0 Å². The number of aromatic nitrogens is 3. The summed E-state index contributed by atoms with van der Waals surface area (Å²) in [5.41, 5.74) is 2.44. The van der Waals surface area contributed by atoms with Crippen LogP contribution in [0.3, 0.4) is 0 Å². The van der Waals surface area contributed by atoms with Gasteiger partial charge in [0.25, 0.3) is 0 Å². The lowest BCUT2D eigenvalue weighted by Crippen LogP contribution is -2.16. The van der Waals surface area contributed by atoms with Gasteiger partial charge in [0.2, 0.25) is 0 Å². The van der Waals surface area contributed by atoms with Crippen LogP contribution >= 0.6 is 11.3 Å². The predicted octanol–water partition coefficient (Wildman–Crippen LogP) is 2.46. The van der Waals surface area contributed by atoms with E-state index >= 15 is 0 Å². The first-order valence-electron chi connectivity index (χ1n) is 6.09. The molecule has 18 heavy (non-hydrogen) atoms. The maximum atomic E-state index is 4.66. The van der Waals surface area contributed by atoms with Gasteiger partial charge < -0.3 is 5.32 Å². The highest BCUT2D eigenvalue weighted by atomic mass is 32.1. The topological polar surface area (TPSA) is 42.7 Å². The fourth-order valence-corrected chi connectivity index (χ4v) is 2.53. The molecule has 0 radical (unpaired) electrons. The molecule has 2 heterocycles. The third kappa shape index (κ3) is 3.17. The summed E-state index contributed by atoms with van der Waals surface area (Å²) >= 11 is 1.74. The quantitative estimate of drug-likeness (QED) is 0.922. The predicted molar refractivity (Wildman–Crippen MR) is 74.6 cm³/mol. The number of nitrogens with zero attached hydrogens (tertiary/aromatic N) is 3. The molecule has 0 atom stereocenters. The highest BCUT2D eigenvalue weighted by Crippen LogP contribution is 2.25. The molecule has 0 aliphatic carbocycles. The number of hydrogen-bond acceptors (Lipinski definition) is 4. The van der Waals surface area contributed by atoms with Crippen LogP contribution in [0.25, 0.3) is 0 Å². The van der Waals surface area contributed by atoms with Gasteiger partial charge in [-0.15, -0.1) is 11.3 Å². The summed E-state index contributed by atoms with van der Waals surface area (Å²) in [4.78, 5) is 4.66. The first-order chi connectivity index (χ1) is 8.47. The molecule has 1 N–H and O–H groups in total. The summed E-state index contributed by atoms with van der Waals surface area (Å²) in [6.45, 7) is 8.20. The van der Waals surface area contributed by atoms with Crippen LogP contribution in [0.5, 0.6) is 0 Å². The maximum absolute atomic E-state index is 4.66. The van der Waals surface area contributed by atoms with Crippen molar-refractivity contribution in [1.29, 1.82) is 0 Å². The van der Waals surface area contributed by atoms with E-state index in [9.17, 15) is 0 Å². The summed E-state index contributed by atoms with van der Waals surface area (Å²) in [5, 5.41) is 10.9. The van der Waals surface area contributed by atoms with Crippen LogP contribution < -0.4 is 5.32 Å². The molecule has 0 saturated carbocycles. The molecule has 0 saturated heterocycles. The monoisotopic (exact) mass is 264 g/mol. The zero-order chi connectivity index (χ0) is 13.2. The highest BCUT2D eigenvalue weighted by Gasteiger charge is 2.17. The van der Waals surface area contributed by atoms with E-state index < -0.39 is 0 Å². The first kappa shape index (κ1) is 13.2. The summed E-state index contributed by atoms with van der Waals surface area (Å²) in [6, 6.07) is 2.02. The molecular weight excluding hydrogens is 244 g/mol. The molecule has 0 aliphatic heterocycles. The molecule has 0 bridgehead atoms. The second-order valence-corrected chi connectivity index (χ2v) is 6.30. The molecule has 0 fully saturated rings. The molecule has 5 heteroatoms. The van der Waals surface area contributed by atoms with Crippen molar-refractivity contribution in [2.45, 2.75) is 39.3 Å². The van der Waals surface area contributed by atoms with E-state index in [1.165, 1.54) is 10.7 Å². The average Bonchev–Trinajstić information content (AvgIpc) is 2.88. The average molecular weight is 264 g/mol. The lowest BCUT2D eigenvalue weighted by molar-refractivity contribution is 0.576. The molecule has 0 spiro atoms. The standard InChI is InChI=1S/C13H20N4S/c1-13(2,3)12-16-10(9-18-12)7-14-8-11-5-6-15-17(11)4/h5-6,9,14H,7-8H2,1-4H3. The minimum Gasteiger partial charge on any atom is -0.305 e. The Morgan fingerprint density at radius 3 is 2.67 bits per heavy atom. The van der Waals surface area contributed by atoms with Crippen molar-refractivity contribution < 1.29 is 0 Å². The van der Waals surface area contributed by atoms with Crippen LogP contribution in [0, 0.1) is 0 Å². The molecule has 0 amide bonds. The smallest absolute Gasteiger partial charge is 0.0982 e. The van der Waals surface area contributed by atoms with Crippen molar-refractivity contribution in [1.82, 2.24) is 20.1 Å². The zero-order valence-electron chi connectivity index (χ0n) is 11.4. The SMILES string of the molecule is Cn1nccc1CNCc1csc(C(C)(C)C)n1. The Kier molecular flexibility index (Phi) is 3.82. The van der Waals surface area contributed by atoms with Crippen molar-refractivity contribution in [2.75, 3.05) is 0 Å². The van der Waals surface area contributed by atoms with Crippen molar-refractivity contribution in [3.05, 3.63) is 34.0 Å². The Morgan fingerprint density at radius 1 is 1.33 bits per heavy atom. The number of rotatable bonds is 4.